The normalized spacial score (nSPS) is 18.2. The van der Waals surface area contributed by atoms with Crippen LogP contribution in [0.2, 0.25) is 0 Å². The van der Waals surface area contributed by atoms with Crippen LogP contribution in [0.3, 0.4) is 0 Å². The van der Waals surface area contributed by atoms with Gasteiger partial charge in [0, 0.05) is 60.3 Å². The molecule has 0 unspecified atom stereocenters. The number of aromatic amines is 1. The summed E-state index contributed by atoms with van der Waals surface area (Å²) in [5, 5.41) is 2.29. The highest BCUT2D eigenvalue weighted by Crippen LogP contribution is 2.37. The summed E-state index contributed by atoms with van der Waals surface area (Å²) in [4.78, 5) is 22.2. The standard InChI is InChI=1S/C24H26N6/c1-29-9-11-30(12-10-29)24-19-13-17(5-7-22(19)26-15-27-24)20-14-25-23-18(20)6-8-21(28-23)16-3-2-4-16/h5-8,13-16H,2-4,9-12H2,1H3,(H,25,28). The number of nitrogens with zero attached hydrogens (tertiary/aromatic N) is 5. The number of hydrogen-bond donors (Lipinski definition) is 1. The van der Waals surface area contributed by atoms with E-state index in [1.54, 1.807) is 6.33 Å². The number of piperazine rings is 1. The van der Waals surface area contributed by atoms with Gasteiger partial charge in [0.15, 0.2) is 0 Å². The largest absolute Gasteiger partial charge is 0.353 e. The third kappa shape index (κ3) is 2.94. The molecular formula is C24H26N6. The van der Waals surface area contributed by atoms with E-state index in [0.717, 1.165) is 48.5 Å². The average Bonchev–Trinajstić information content (AvgIpc) is 3.16. The van der Waals surface area contributed by atoms with Gasteiger partial charge in [-0.25, -0.2) is 15.0 Å². The van der Waals surface area contributed by atoms with E-state index in [2.05, 4.69) is 68.3 Å². The molecule has 0 atom stereocenters. The lowest BCUT2D eigenvalue weighted by Gasteiger charge is -2.33. The molecule has 1 N–H and O–H groups in total. The number of nitrogens with one attached hydrogen (secondary N) is 1. The maximum atomic E-state index is 4.91. The minimum absolute atomic E-state index is 0.644. The monoisotopic (exact) mass is 398 g/mol. The van der Waals surface area contributed by atoms with Crippen molar-refractivity contribution in [2.75, 3.05) is 38.1 Å². The Morgan fingerprint density at radius 3 is 2.63 bits per heavy atom. The van der Waals surface area contributed by atoms with Crippen LogP contribution in [-0.2, 0) is 0 Å². The van der Waals surface area contributed by atoms with Crippen molar-refractivity contribution in [2.45, 2.75) is 25.2 Å². The zero-order chi connectivity index (χ0) is 20.1. The highest BCUT2D eigenvalue weighted by molar-refractivity contribution is 5.98. The Morgan fingerprint density at radius 1 is 0.967 bits per heavy atom. The Labute approximate surface area is 176 Å². The van der Waals surface area contributed by atoms with Crippen LogP contribution in [0.5, 0.6) is 0 Å². The molecule has 0 spiro atoms. The molecule has 1 aliphatic heterocycles. The molecule has 1 saturated heterocycles. The second-order valence-corrected chi connectivity index (χ2v) is 8.68. The number of rotatable bonds is 3. The molecule has 30 heavy (non-hydrogen) atoms. The van der Waals surface area contributed by atoms with Crippen molar-refractivity contribution in [1.82, 2.24) is 24.8 Å². The Hall–Kier alpha value is -2.99. The van der Waals surface area contributed by atoms with Crippen LogP contribution in [0.25, 0.3) is 33.1 Å². The van der Waals surface area contributed by atoms with Crippen molar-refractivity contribution >= 4 is 27.8 Å². The first-order chi connectivity index (χ1) is 14.8. The fourth-order valence-electron chi connectivity index (χ4n) is 4.67. The van der Waals surface area contributed by atoms with E-state index >= 15 is 0 Å². The van der Waals surface area contributed by atoms with Gasteiger partial charge < -0.3 is 14.8 Å². The summed E-state index contributed by atoms with van der Waals surface area (Å²) >= 11 is 0. The van der Waals surface area contributed by atoms with Crippen molar-refractivity contribution in [3.8, 4) is 11.1 Å². The van der Waals surface area contributed by atoms with Crippen LogP contribution in [0.15, 0.2) is 42.9 Å². The highest BCUT2D eigenvalue weighted by Gasteiger charge is 2.22. The molecule has 4 aromatic rings. The third-order valence-corrected chi connectivity index (χ3v) is 6.81. The summed E-state index contributed by atoms with van der Waals surface area (Å²) in [6.07, 6.45) is 7.64. The van der Waals surface area contributed by atoms with Gasteiger partial charge in [-0.3, -0.25) is 0 Å². The van der Waals surface area contributed by atoms with Gasteiger partial charge >= 0.3 is 0 Å². The van der Waals surface area contributed by atoms with Crippen molar-refractivity contribution in [1.29, 1.82) is 0 Å². The predicted molar refractivity (Wildman–Crippen MR) is 121 cm³/mol. The van der Waals surface area contributed by atoms with E-state index < -0.39 is 0 Å². The summed E-state index contributed by atoms with van der Waals surface area (Å²) < 4.78 is 0. The lowest BCUT2D eigenvalue weighted by molar-refractivity contribution is 0.312. The van der Waals surface area contributed by atoms with E-state index in [-0.39, 0.29) is 0 Å². The summed E-state index contributed by atoms with van der Waals surface area (Å²) in [7, 11) is 2.18. The number of fused-ring (bicyclic) bond motifs is 2. The minimum atomic E-state index is 0.644. The smallest absolute Gasteiger partial charge is 0.139 e. The minimum Gasteiger partial charge on any atom is -0.353 e. The van der Waals surface area contributed by atoms with Crippen molar-refractivity contribution in [2.24, 2.45) is 0 Å². The predicted octanol–water partition coefficient (Wildman–Crippen LogP) is 4.19. The van der Waals surface area contributed by atoms with E-state index in [1.807, 2.05) is 0 Å². The Kier molecular flexibility index (Phi) is 4.20. The molecule has 6 heteroatoms. The lowest BCUT2D eigenvalue weighted by atomic mass is 9.82. The molecule has 2 aliphatic rings. The number of H-pyrrole nitrogens is 1. The number of anilines is 1. The second kappa shape index (κ2) is 7.06. The van der Waals surface area contributed by atoms with Gasteiger partial charge in [0.05, 0.1) is 5.52 Å². The first kappa shape index (κ1) is 17.8. The molecule has 1 saturated carbocycles. The van der Waals surface area contributed by atoms with Crippen LogP contribution in [0.4, 0.5) is 5.82 Å². The molecular weight excluding hydrogens is 372 g/mol. The fourth-order valence-corrected chi connectivity index (χ4v) is 4.67. The van der Waals surface area contributed by atoms with E-state index in [0.29, 0.717) is 5.92 Å². The van der Waals surface area contributed by atoms with Gasteiger partial charge in [-0.2, -0.15) is 0 Å². The number of benzene rings is 1. The van der Waals surface area contributed by atoms with E-state index in [9.17, 15) is 0 Å². The number of likely N-dealkylation sites (N-methyl/N-ethyl adjacent to an activating group) is 1. The molecule has 0 radical (unpaired) electrons. The molecule has 6 nitrogen and oxygen atoms in total. The van der Waals surface area contributed by atoms with Crippen LogP contribution in [0.1, 0.15) is 30.9 Å². The first-order valence-corrected chi connectivity index (χ1v) is 10.9. The summed E-state index contributed by atoms with van der Waals surface area (Å²) in [5.41, 5.74) is 5.57. The van der Waals surface area contributed by atoms with Gasteiger partial charge in [-0.15, -0.1) is 0 Å². The lowest BCUT2D eigenvalue weighted by Crippen LogP contribution is -2.44. The summed E-state index contributed by atoms with van der Waals surface area (Å²) in [6.45, 7) is 4.10. The number of aromatic nitrogens is 4. The van der Waals surface area contributed by atoms with Crippen LogP contribution >= 0.6 is 0 Å². The van der Waals surface area contributed by atoms with Gasteiger partial charge in [0.1, 0.15) is 17.8 Å². The molecule has 6 rings (SSSR count). The number of pyridine rings is 1. The van der Waals surface area contributed by atoms with Gasteiger partial charge in [0.25, 0.3) is 0 Å². The molecule has 0 bridgehead atoms. The zero-order valence-corrected chi connectivity index (χ0v) is 17.3. The van der Waals surface area contributed by atoms with E-state index in [1.165, 1.54) is 41.5 Å². The Bertz CT molecular complexity index is 1220. The van der Waals surface area contributed by atoms with Crippen molar-refractivity contribution in [3.05, 3.63) is 48.5 Å². The zero-order valence-electron chi connectivity index (χ0n) is 17.3. The van der Waals surface area contributed by atoms with Crippen LogP contribution < -0.4 is 4.90 Å². The van der Waals surface area contributed by atoms with Crippen LogP contribution in [-0.4, -0.2) is 58.1 Å². The SMILES string of the molecule is CN1CCN(c2ncnc3ccc(-c4c[nH]c5nc(C6CCC6)ccc45)cc23)CC1. The Balaban J connectivity index is 1.41. The topological polar surface area (TPSA) is 60.9 Å². The van der Waals surface area contributed by atoms with Gasteiger partial charge in [0.2, 0.25) is 0 Å². The molecule has 1 aliphatic carbocycles. The summed E-state index contributed by atoms with van der Waals surface area (Å²) in [5.74, 6) is 1.69. The first-order valence-electron chi connectivity index (χ1n) is 10.9. The summed E-state index contributed by atoms with van der Waals surface area (Å²) in [6, 6.07) is 11.0. The van der Waals surface area contributed by atoms with Crippen molar-refractivity contribution < 1.29 is 0 Å². The maximum absolute atomic E-state index is 4.91. The van der Waals surface area contributed by atoms with Crippen molar-refractivity contribution in [3.63, 3.8) is 0 Å². The Morgan fingerprint density at radius 2 is 1.83 bits per heavy atom. The van der Waals surface area contributed by atoms with Crippen LogP contribution in [0, 0.1) is 0 Å². The molecule has 3 aromatic heterocycles. The molecule has 152 valence electrons. The molecule has 0 amide bonds. The molecule has 2 fully saturated rings. The quantitative estimate of drug-likeness (QED) is 0.561. The second-order valence-electron chi connectivity index (χ2n) is 8.68. The molecule has 4 heterocycles. The average molecular weight is 399 g/mol. The third-order valence-electron chi connectivity index (χ3n) is 6.81. The van der Waals surface area contributed by atoms with Gasteiger partial charge in [-0.05, 0) is 49.7 Å². The number of hydrogen-bond acceptors (Lipinski definition) is 5. The highest BCUT2D eigenvalue weighted by atomic mass is 15.3. The molecule has 1 aromatic carbocycles. The fraction of sp³-hybridized carbons (Fsp3) is 0.375. The van der Waals surface area contributed by atoms with Gasteiger partial charge in [-0.1, -0.05) is 12.5 Å². The maximum Gasteiger partial charge on any atom is 0.139 e. The van der Waals surface area contributed by atoms with E-state index in [4.69, 9.17) is 4.98 Å².